The SMILES string of the molecule is CCC(Cc1ccccc1)NC(=O)C1CCN(c2nnc(-n3cccc3)s2)CC1. The van der Waals surface area contributed by atoms with E-state index in [1.165, 1.54) is 5.56 Å². The van der Waals surface area contributed by atoms with Crippen LogP contribution in [0.3, 0.4) is 0 Å². The Bertz CT molecular complexity index is 900. The lowest BCUT2D eigenvalue weighted by Gasteiger charge is -2.31. The van der Waals surface area contributed by atoms with Crippen molar-refractivity contribution in [3.63, 3.8) is 0 Å². The smallest absolute Gasteiger partial charge is 0.223 e. The molecule has 1 amide bonds. The van der Waals surface area contributed by atoms with Gasteiger partial charge in [0.1, 0.15) is 0 Å². The van der Waals surface area contributed by atoms with Gasteiger partial charge < -0.3 is 10.2 Å². The average Bonchev–Trinajstić information content (AvgIpc) is 3.46. The first-order valence-corrected chi connectivity index (χ1v) is 11.1. The van der Waals surface area contributed by atoms with Crippen molar-refractivity contribution in [1.29, 1.82) is 0 Å². The van der Waals surface area contributed by atoms with Gasteiger partial charge in [0, 0.05) is 37.4 Å². The molecule has 0 spiro atoms. The number of carbonyl (C=O) groups excluding carboxylic acids is 1. The molecule has 3 aromatic rings. The van der Waals surface area contributed by atoms with Gasteiger partial charge in [-0.25, -0.2) is 0 Å². The van der Waals surface area contributed by atoms with Crippen molar-refractivity contribution in [1.82, 2.24) is 20.1 Å². The fraction of sp³-hybridized carbons (Fsp3) is 0.409. The van der Waals surface area contributed by atoms with E-state index in [2.05, 4.69) is 51.6 Å². The van der Waals surface area contributed by atoms with Crippen LogP contribution in [0.15, 0.2) is 54.9 Å². The molecule has 1 aliphatic heterocycles. The fourth-order valence-electron chi connectivity index (χ4n) is 3.75. The second kappa shape index (κ2) is 9.22. The van der Waals surface area contributed by atoms with Crippen LogP contribution in [-0.2, 0) is 11.2 Å². The minimum Gasteiger partial charge on any atom is -0.353 e. The van der Waals surface area contributed by atoms with E-state index >= 15 is 0 Å². The summed E-state index contributed by atoms with van der Waals surface area (Å²) in [6, 6.07) is 14.5. The van der Waals surface area contributed by atoms with Gasteiger partial charge in [-0.2, -0.15) is 0 Å². The number of hydrogen-bond donors (Lipinski definition) is 1. The standard InChI is InChI=1S/C22H27N5OS/c1-2-19(16-17-8-4-3-5-9-17)23-20(28)18-10-14-27(15-11-18)22-25-24-21(29-22)26-12-6-7-13-26/h3-9,12-13,18-19H,2,10-11,14-16H2,1H3,(H,23,28). The Hall–Kier alpha value is -2.67. The second-order valence-corrected chi connectivity index (χ2v) is 8.46. The maximum absolute atomic E-state index is 12.8. The van der Waals surface area contributed by atoms with Crippen LogP contribution in [0.1, 0.15) is 31.7 Å². The number of hydrogen-bond acceptors (Lipinski definition) is 5. The van der Waals surface area contributed by atoms with E-state index in [1.807, 2.05) is 35.2 Å². The zero-order valence-electron chi connectivity index (χ0n) is 16.7. The number of nitrogens with zero attached hydrogens (tertiary/aromatic N) is 4. The van der Waals surface area contributed by atoms with Crippen molar-refractivity contribution in [2.75, 3.05) is 18.0 Å². The van der Waals surface area contributed by atoms with Gasteiger partial charge >= 0.3 is 0 Å². The third-order valence-corrected chi connectivity index (χ3v) is 6.53. The molecule has 2 aromatic heterocycles. The largest absolute Gasteiger partial charge is 0.353 e. The van der Waals surface area contributed by atoms with E-state index < -0.39 is 0 Å². The molecular formula is C22H27N5OS. The van der Waals surface area contributed by atoms with Gasteiger partial charge in [-0.3, -0.25) is 9.36 Å². The van der Waals surface area contributed by atoms with E-state index in [9.17, 15) is 4.79 Å². The molecule has 1 saturated heterocycles. The maximum Gasteiger partial charge on any atom is 0.223 e. The first-order valence-electron chi connectivity index (χ1n) is 10.3. The second-order valence-electron chi connectivity index (χ2n) is 7.52. The lowest BCUT2D eigenvalue weighted by molar-refractivity contribution is -0.126. The van der Waals surface area contributed by atoms with E-state index in [0.717, 1.165) is 49.0 Å². The normalized spacial score (nSPS) is 16.0. The molecule has 0 radical (unpaired) electrons. The summed E-state index contributed by atoms with van der Waals surface area (Å²) < 4.78 is 1.97. The number of aromatic nitrogens is 3. The van der Waals surface area contributed by atoms with E-state index in [0.29, 0.717) is 0 Å². The third-order valence-electron chi connectivity index (χ3n) is 5.53. The quantitative estimate of drug-likeness (QED) is 0.647. The van der Waals surface area contributed by atoms with Crippen molar-refractivity contribution in [2.45, 2.75) is 38.6 Å². The third kappa shape index (κ3) is 4.85. The van der Waals surface area contributed by atoms with Crippen LogP contribution in [0.5, 0.6) is 0 Å². The van der Waals surface area contributed by atoms with Gasteiger partial charge in [-0.05, 0) is 43.4 Å². The average molecular weight is 410 g/mol. The monoisotopic (exact) mass is 409 g/mol. The number of carbonyl (C=O) groups is 1. The molecule has 0 bridgehead atoms. The predicted octanol–water partition coefficient (Wildman–Crippen LogP) is 3.68. The Morgan fingerprint density at radius 3 is 2.48 bits per heavy atom. The highest BCUT2D eigenvalue weighted by molar-refractivity contribution is 7.17. The highest BCUT2D eigenvalue weighted by atomic mass is 32.1. The molecule has 4 rings (SSSR count). The predicted molar refractivity (Wildman–Crippen MR) is 117 cm³/mol. The van der Waals surface area contributed by atoms with Gasteiger partial charge in [-0.1, -0.05) is 48.6 Å². The summed E-state index contributed by atoms with van der Waals surface area (Å²) >= 11 is 1.59. The van der Waals surface area contributed by atoms with Gasteiger partial charge in [0.2, 0.25) is 16.2 Å². The van der Waals surface area contributed by atoms with Crippen molar-refractivity contribution in [3.05, 3.63) is 60.4 Å². The first-order chi connectivity index (χ1) is 14.2. The molecule has 29 heavy (non-hydrogen) atoms. The summed E-state index contributed by atoms with van der Waals surface area (Å²) in [5.41, 5.74) is 1.27. The molecule has 6 nitrogen and oxygen atoms in total. The van der Waals surface area contributed by atoms with Crippen LogP contribution in [0.2, 0.25) is 0 Å². The highest BCUT2D eigenvalue weighted by Gasteiger charge is 2.27. The lowest BCUT2D eigenvalue weighted by atomic mass is 9.95. The zero-order chi connectivity index (χ0) is 20.1. The topological polar surface area (TPSA) is 63.1 Å². The molecule has 1 unspecified atom stereocenters. The van der Waals surface area contributed by atoms with Crippen LogP contribution in [0.4, 0.5) is 5.13 Å². The number of rotatable bonds is 7. The minimum absolute atomic E-state index is 0.0768. The van der Waals surface area contributed by atoms with Crippen LogP contribution >= 0.6 is 11.3 Å². The van der Waals surface area contributed by atoms with Gasteiger partial charge in [0.15, 0.2) is 0 Å². The molecule has 1 atom stereocenters. The zero-order valence-corrected chi connectivity index (χ0v) is 17.5. The molecule has 1 fully saturated rings. The maximum atomic E-state index is 12.8. The summed E-state index contributed by atoms with van der Waals surface area (Å²) in [5, 5.41) is 13.7. The lowest BCUT2D eigenvalue weighted by Crippen LogP contribution is -2.44. The Kier molecular flexibility index (Phi) is 6.24. The molecule has 0 aliphatic carbocycles. The number of amides is 1. The molecule has 1 aromatic carbocycles. The summed E-state index contributed by atoms with van der Waals surface area (Å²) in [4.78, 5) is 15.0. The van der Waals surface area contributed by atoms with Gasteiger partial charge in [0.25, 0.3) is 0 Å². The number of anilines is 1. The van der Waals surface area contributed by atoms with E-state index in [4.69, 9.17) is 0 Å². The summed E-state index contributed by atoms with van der Waals surface area (Å²) in [7, 11) is 0. The van der Waals surface area contributed by atoms with E-state index in [1.54, 1.807) is 11.3 Å². The summed E-state index contributed by atoms with van der Waals surface area (Å²) in [6.07, 6.45) is 7.47. The van der Waals surface area contributed by atoms with Crippen LogP contribution in [0.25, 0.3) is 5.13 Å². The Morgan fingerprint density at radius 1 is 1.10 bits per heavy atom. The Labute approximate surface area is 175 Å². The summed E-state index contributed by atoms with van der Waals surface area (Å²) in [6.45, 7) is 3.82. The van der Waals surface area contributed by atoms with Crippen molar-refractivity contribution >= 4 is 22.4 Å². The number of piperidine rings is 1. The molecule has 7 heteroatoms. The highest BCUT2D eigenvalue weighted by Crippen LogP contribution is 2.28. The molecule has 0 saturated carbocycles. The first kappa shape index (κ1) is 19.6. The molecule has 152 valence electrons. The van der Waals surface area contributed by atoms with Crippen LogP contribution < -0.4 is 10.2 Å². The minimum atomic E-state index is 0.0768. The summed E-state index contributed by atoms with van der Waals surface area (Å²) in [5.74, 6) is 0.269. The van der Waals surface area contributed by atoms with Crippen molar-refractivity contribution < 1.29 is 4.79 Å². The van der Waals surface area contributed by atoms with Crippen molar-refractivity contribution in [2.24, 2.45) is 5.92 Å². The molecular weight excluding hydrogens is 382 g/mol. The molecule has 1 N–H and O–H groups in total. The van der Waals surface area contributed by atoms with Crippen LogP contribution in [0, 0.1) is 5.92 Å². The van der Waals surface area contributed by atoms with Crippen molar-refractivity contribution in [3.8, 4) is 5.13 Å². The fourth-order valence-corrected chi connectivity index (χ4v) is 4.62. The van der Waals surface area contributed by atoms with Crippen LogP contribution in [-0.4, -0.2) is 39.8 Å². The molecule has 1 aliphatic rings. The molecule has 3 heterocycles. The number of nitrogens with one attached hydrogen (secondary N) is 1. The Morgan fingerprint density at radius 2 is 1.79 bits per heavy atom. The van der Waals surface area contributed by atoms with Gasteiger partial charge in [0.05, 0.1) is 0 Å². The van der Waals surface area contributed by atoms with Gasteiger partial charge in [-0.15, -0.1) is 10.2 Å². The van der Waals surface area contributed by atoms with E-state index in [-0.39, 0.29) is 17.9 Å². The number of benzene rings is 1. The Balaban J connectivity index is 1.29.